The molecule has 0 radical (unpaired) electrons. The van der Waals surface area contributed by atoms with Crippen LogP contribution in [0.3, 0.4) is 0 Å². The summed E-state index contributed by atoms with van der Waals surface area (Å²) in [5.74, 6) is 4.91. The maximum Gasteiger partial charge on any atom is 0.204 e. The van der Waals surface area contributed by atoms with Crippen molar-refractivity contribution in [2.45, 2.75) is 4.90 Å². The molecule has 6 heteroatoms. The van der Waals surface area contributed by atoms with Crippen LogP contribution in [0, 0.1) is 0 Å². The van der Waals surface area contributed by atoms with Gasteiger partial charge in [0.25, 0.3) is 0 Å². The molecule has 0 saturated heterocycles. The van der Waals surface area contributed by atoms with Crippen molar-refractivity contribution in [2.24, 2.45) is 0 Å². The molecule has 0 aliphatic heterocycles. The topological polar surface area (TPSA) is 44.0 Å². The van der Waals surface area contributed by atoms with E-state index in [0.29, 0.717) is 0 Å². The fourth-order valence-corrected chi connectivity index (χ4v) is 3.19. The van der Waals surface area contributed by atoms with Crippen LogP contribution in [0.25, 0.3) is 0 Å². The number of hydrogen-bond acceptors (Lipinski definition) is 3. The first-order valence-corrected chi connectivity index (χ1v) is 7.49. The van der Waals surface area contributed by atoms with Gasteiger partial charge in [0, 0.05) is 27.4 Å². The predicted molar refractivity (Wildman–Crippen MR) is 82.7 cm³/mol. The largest absolute Gasteiger partial charge is 0.331 e. The molecule has 0 aliphatic carbocycles. The van der Waals surface area contributed by atoms with Crippen LogP contribution >= 0.6 is 26.6 Å². The molecule has 4 nitrogen and oxygen atoms in total. The van der Waals surface area contributed by atoms with E-state index >= 15 is 0 Å². The van der Waals surface area contributed by atoms with Gasteiger partial charge >= 0.3 is 0 Å². The van der Waals surface area contributed by atoms with Crippen molar-refractivity contribution in [3.63, 3.8) is 0 Å². The van der Waals surface area contributed by atoms with E-state index in [1.54, 1.807) is 12.4 Å². The number of imidazole rings is 1. The van der Waals surface area contributed by atoms with E-state index in [0.717, 1.165) is 21.0 Å². The fourth-order valence-electron chi connectivity index (χ4n) is 1.43. The normalized spacial score (nSPS) is 12.7. The quantitative estimate of drug-likeness (QED) is 0.846. The van der Waals surface area contributed by atoms with Crippen molar-refractivity contribution in [1.82, 2.24) is 14.3 Å². The monoisotopic (exact) mass is 326 g/mol. The van der Waals surface area contributed by atoms with E-state index in [9.17, 15) is 0 Å². The molecule has 1 heterocycles. The van der Waals surface area contributed by atoms with Crippen LogP contribution < -0.4 is 5.32 Å². The molecular formula is C12H15BrN4S. The number of anilines is 2. The van der Waals surface area contributed by atoms with Crippen LogP contribution in [0.4, 0.5) is 11.6 Å². The summed E-state index contributed by atoms with van der Waals surface area (Å²) in [6.07, 6.45) is 3.50. The number of benzene rings is 1. The molecule has 0 fully saturated rings. The summed E-state index contributed by atoms with van der Waals surface area (Å²) in [7, 11) is 3.86. The molecule has 0 bridgehead atoms. The van der Waals surface area contributed by atoms with Crippen molar-refractivity contribution in [2.75, 3.05) is 19.4 Å². The molecule has 0 saturated carbocycles. The van der Waals surface area contributed by atoms with Crippen molar-refractivity contribution in [3.05, 3.63) is 35.1 Å². The SMILES string of the molecule is C=S(c1cc(Nc2ncc[nH]2)ccc1Br)N(C)C. The zero-order chi connectivity index (χ0) is 13.1. The lowest BCUT2D eigenvalue weighted by Gasteiger charge is -2.17. The minimum absolute atomic E-state index is 0.190. The highest BCUT2D eigenvalue weighted by molar-refractivity contribution is 9.10. The van der Waals surface area contributed by atoms with E-state index in [1.807, 2.05) is 26.2 Å². The van der Waals surface area contributed by atoms with Gasteiger partial charge in [-0.2, -0.15) is 0 Å². The number of rotatable bonds is 4. The van der Waals surface area contributed by atoms with Gasteiger partial charge in [-0.25, -0.2) is 4.98 Å². The predicted octanol–water partition coefficient (Wildman–Crippen LogP) is 3.45. The van der Waals surface area contributed by atoms with E-state index < -0.39 is 0 Å². The molecule has 1 aromatic carbocycles. The number of H-pyrrole nitrogens is 1. The van der Waals surface area contributed by atoms with Gasteiger partial charge < -0.3 is 10.3 Å². The first-order chi connectivity index (χ1) is 8.58. The molecule has 1 aromatic heterocycles. The molecule has 18 heavy (non-hydrogen) atoms. The Morgan fingerprint density at radius 1 is 1.44 bits per heavy atom. The van der Waals surface area contributed by atoms with Crippen molar-refractivity contribution >= 4 is 44.1 Å². The lowest BCUT2D eigenvalue weighted by molar-refractivity contribution is 0.700. The van der Waals surface area contributed by atoms with E-state index in [4.69, 9.17) is 0 Å². The van der Waals surface area contributed by atoms with Gasteiger partial charge in [-0.15, -0.1) is 0 Å². The van der Waals surface area contributed by atoms with E-state index in [1.165, 1.54) is 0 Å². The van der Waals surface area contributed by atoms with Gasteiger partial charge in [0.2, 0.25) is 5.95 Å². The Balaban J connectivity index is 2.29. The summed E-state index contributed by atoms with van der Waals surface area (Å²) in [5.41, 5.74) is 0.992. The summed E-state index contributed by atoms with van der Waals surface area (Å²) in [4.78, 5) is 8.32. The van der Waals surface area contributed by atoms with Gasteiger partial charge in [0.05, 0.1) is 0 Å². The maximum absolute atomic E-state index is 4.18. The molecule has 2 N–H and O–H groups in total. The number of nitrogens with one attached hydrogen (secondary N) is 2. The van der Waals surface area contributed by atoms with Crippen molar-refractivity contribution < 1.29 is 0 Å². The molecule has 1 atom stereocenters. The Kier molecular flexibility index (Phi) is 4.21. The van der Waals surface area contributed by atoms with Crippen LogP contribution in [0.1, 0.15) is 0 Å². The molecule has 1 unspecified atom stereocenters. The van der Waals surface area contributed by atoms with E-state index in [2.05, 4.69) is 47.5 Å². The summed E-state index contributed by atoms with van der Waals surface area (Å²) in [5, 5.41) is 3.22. The second-order valence-corrected chi connectivity index (χ2v) is 6.64. The van der Waals surface area contributed by atoms with Crippen LogP contribution in [0.15, 0.2) is 40.0 Å². The lowest BCUT2D eigenvalue weighted by atomic mass is 10.3. The molecular weight excluding hydrogens is 312 g/mol. The smallest absolute Gasteiger partial charge is 0.204 e. The van der Waals surface area contributed by atoms with Gasteiger partial charge in [0.15, 0.2) is 0 Å². The van der Waals surface area contributed by atoms with Crippen molar-refractivity contribution in [1.29, 1.82) is 0 Å². The molecule has 0 spiro atoms. The zero-order valence-electron chi connectivity index (χ0n) is 10.3. The Hall–Kier alpha value is -1.11. The minimum atomic E-state index is -0.190. The molecule has 0 aliphatic rings. The second kappa shape index (κ2) is 5.69. The standard InChI is InChI=1S/C12H15BrN4S/c1-17(2)18(3)11-8-9(4-5-10(11)13)16-12-14-6-7-15-12/h4-8H,3H2,1-2H3,(H2,14,15,16). The van der Waals surface area contributed by atoms with Crippen LogP contribution in [0.5, 0.6) is 0 Å². The average molecular weight is 327 g/mol. The van der Waals surface area contributed by atoms with Gasteiger partial charge in [0.1, 0.15) is 0 Å². The highest BCUT2D eigenvalue weighted by Gasteiger charge is 2.07. The zero-order valence-corrected chi connectivity index (χ0v) is 12.7. The van der Waals surface area contributed by atoms with Crippen LogP contribution in [0.2, 0.25) is 0 Å². The number of aromatic nitrogens is 2. The lowest BCUT2D eigenvalue weighted by Crippen LogP contribution is -2.03. The molecule has 2 rings (SSSR count). The fraction of sp³-hybridized carbons (Fsp3) is 0.167. The van der Waals surface area contributed by atoms with Crippen molar-refractivity contribution in [3.8, 4) is 0 Å². The Labute approximate surface area is 118 Å². The summed E-state index contributed by atoms with van der Waals surface area (Å²) in [6, 6.07) is 6.11. The summed E-state index contributed by atoms with van der Waals surface area (Å²) in [6.45, 7) is 0. The summed E-state index contributed by atoms with van der Waals surface area (Å²) < 4.78 is 3.16. The third-order valence-electron chi connectivity index (χ3n) is 2.39. The van der Waals surface area contributed by atoms with Gasteiger partial charge in [-0.05, 0) is 48.2 Å². The average Bonchev–Trinajstić information content (AvgIpc) is 2.83. The Bertz CT molecular complexity index is 551. The molecule has 2 aromatic rings. The first kappa shape index (κ1) is 13.3. The van der Waals surface area contributed by atoms with Crippen LogP contribution in [-0.2, 0) is 0 Å². The van der Waals surface area contributed by atoms with Crippen LogP contribution in [-0.4, -0.2) is 34.2 Å². The minimum Gasteiger partial charge on any atom is -0.331 e. The van der Waals surface area contributed by atoms with E-state index in [-0.39, 0.29) is 10.7 Å². The summed E-state index contributed by atoms with van der Waals surface area (Å²) >= 11 is 3.57. The number of nitrogens with zero attached hydrogens (tertiary/aromatic N) is 2. The second-order valence-electron chi connectivity index (χ2n) is 3.89. The first-order valence-electron chi connectivity index (χ1n) is 5.35. The van der Waals surface area contributed by atoms with Gasteiger partial charge in [-0.3, -0.25) is 4.31 Å². The number of aromatic amines is 1. The van der Waals surface area contributed by atoms with Gasteiger partial charge in [-0.1, -0.05) is 16.5 Å². The molecule has 96 valence electrons. The number of hydrogen-bond donors (Lipinski definition) is 2. The highest BCUT2D eigenvalue weighted by atomic mass is 79.9. The Morgan fingerprint density at radius 3 is 2.83 bits per heavy atom. The third-order valence-corrected chi connectivity index (χ3v) is 5.07. The highest BCUT2D eigenvalue weighted by Crippen LogP contribution is 2.35. The third kappa shape index (κ3) is 3.01. The maximum atomic E-state index is 4.18. The molecule has 0 amide bonds. The number of halogens is 1. The Morgan fingerprint density at radius 2 is 2.22 bits per heavy atom.